The number of nitrogens with two attached hydrogens (primary N) is 1. The maximum absolute atomic E-state index is 12.5. The number of carbonyl (C=O) groups is 1. The molecule has 1 aliphatic carbocycles. The van der Waals surface area contributed by atoms with Gasteiger partial charge in [0.2, 0.25) is 11.9 Å². The summed E-state index contributed by atoms with van der Waals surface area (Å²) in [6.45, 7) is 3.14. The molecule has 2 aliphatic heterocycles. The van der Waals surface area contributed by atoms with Crippen molar-refractivity contribution in [1.82, 2.24) is 9.97 Å². The summed E-state index contributed by atoms with van der Waals surface area (Å²) in [7, 11) is 0. The summed E-state index contributed by atoms with van der Waals surface area (Å²) < 4.78 is 5.42. The number of hydrogen-bond donors (Lipinski definition) is 2. The van der Waals surface area contributed by atoms with E-state index in [4.69, 9.17) is 10.5 Å². The van der Waals surface area contributed by atoms with E-state index in [-0.39, 0.29) is 5.91 Å². The molecule has 136 valence electrons. The Balaban J connectivity index is 1.49. The number of rotatable bonds is 5. The highest BCUT2D eigenvalue weighted by Gasteiger charge is 2.33. The van der Waals surface area contributed by atoms with Crippen LogP contribution in [0.5, 0.6) is 0 Å². The van der Waals surface area contributed by atoms with Crippen molar-refractivity contribution < 1.29 is 9.53 Å². The minimum atomic E-state index is 0.0791. The molecule has 1 aromatic rings. The van der Waals surface area contributed by atoms with E-state index in [1.165, 1.54) is 25.7 Å². The molecule has 0 aromatic carbocycles. The van der Waals surface area contributed by atoms with Gasteiger partial charge in [-0.15, -0.1) is 0 Å². The molecule has 0 unspecified atom stereocenters. The van der Waals surface area contributed by atoms with Crippen molar-refractivity contribution >= 4 is 23.5 Å². The second kappa shape index (κ2) is 7.15. The first-order valence-corrected chi connectivity index (χ1v) is 9.49. The van der Waals surface area contributed by atoms with E-state index in [2.05, 4.69) is 15.3 Å². The van der Waals surface area contributed by atoms with Crippen LogP contribution in [0.1, 0.15) is 44.1 Å². The molecule has 25 heavy (non-hydrogen) atoms. The zero-order valence-electron chi connectivity index (χ0n) is 14.7. The molecule has 1 saturated heterocycles. The van der Waals surface area contributed by atoms with Crippen molar-refractivity contribution in [3.63, 3.8) is 0 Å². The first kappa shape index (κ1) is 16.6. The van der Waals surface area contributed by atoms with Crippen LogP contribution in [0, 0.1) is 11.8 Å². The summed E-state index contributed by atoms with van der Waals surface area (Å²) in [5.41, 5.74) is 6.91. The molecule has 3 aliphatic rings. The zero-order chi connectivity index (χ0) is 17.2. The predicted octanol–water partition coefficient (Wildman–Crippen LogP) is 1.98. The highest BCUT2D eigenvalue weighted by molar-refractivity contribution is 6.01. The topological polar surface area (TPSA) is 93.4 Å². The number of hydrogen-bond acceptors (Lipinski definition) is 6. The average Bonchev–Trinajstić information content (AvgIpc) is 3.24. The Morgan fingerprint density at radius 3 is 2.64 bits per heavy atom. The van der Waals surface area contributed by atoms with Gasteiger partial charge in [0.05, 0.1) is 6.42 Å². The second-order valence-electron chi connectivity index (χ2n) is 7.50. The minimum Gasteiger partial charge on any atom is -0.383 e. The van der Waals surface area contributed by atoms with E-state index in [1.807, 2.05) is 4.90 Å². The zero-order valence-corrected chi connectivity index (χ0v) is 14.7. The van der Waals surface area contributed by atoms with Crippen molar-refractivity contribution in [1.29, 1.82) is 0 Å². The Bertz CT molecular complexity index is 639. The predicted molar refractivity (Wildman–Crippen MR) is 96.5 cm³/mol. The van der Waals surface area contributed by atoms with Crippen LogP contribution < -0.4 is 16.0 Å². The molecule has 3 heterocycles. The molecular weight excluding hydrogens is 318 g/mol. The summed E-state index contributed by atoms with van der Waals surface area (Å²) in [4.78, 5) is 23.3. The van der Waals surface area contributed by atoms with Crippen LogP contribution in [0.2, 0.25) is 0 Å². The van der Waals surface area contributed by atoms with Gasteiger partial charge in [-0.1, -0.05) is 12.8 Å². The maximum atomic E-state index is 12.5. The number of aromatic nitrogens is 2. The van der Waals surface area contributed by atoms with Crippen LogP contribution in [0.4, 0.5) is 17.6 Å². The van der Waals surface area contributed by atoms with Crippen LogP contribution >= 0.6 is 0 Å². The first-order valence-electron chi connectivity index (χ1n) is 9.49. The lowest BCUT2D eigenvalue weighted by atomic mass is 10.00. The van der Waals surface area contributed by atoms with E-state index in [1.54, 1.807) is 0 Å². The molecule has 1 saturated carbocycles. The minimum absolute atomic E-state index is 0.0791. The van der Waals surface area contributed by atoms with Crippen LogP contribution in [0.25, 0.3) is 0 Å². The number of amides is 1. The quantitative estimate of drug-likeness (QED) is 0.847. The van der Waals surface area contributed by atoms with Gasteiger partial charge in [0.25, 0.3) is 0 Å². The van der Waals surface area contributed by atoms with Gasteiger partial charge in [0, 0.05) is 31.9 Å². The van der Waals surface area contributed by atoms with Crippen LogP contribution in [-0.4, -0.2) is 42.2 Å². The number of nitrogen functional groups attached to an aromatic ring is 1. The van der Waals surface area contributed by atoms with Gasteiger partial charge >= 0.3 is 0 Å². The fraction of sp³-hybridized carbons (Fsp3) is 0.722. The van der Waals surface area contributed by atoms with E-state index in [0.717, 1.165) is 38.2 Å². The van der Waals surface area contributed by atoms with E-state index >= 15 is 0 Å². The highest BCUT2D eigenvalue weighted by Crippen LogP contribution is 2.33. The van der Waals surface area contributed by atoms with Crippen LogP contribution in [-0.2, 0) is 16.0 Å². The molecule has 0 bridgehead atoms. The van der Waals surface area contributed by atoms with Crippen molar-refractivity contribution in [3.8, 4) is 0 Å². The van der Waals surface area contributed by atoms with Gasteiger partial charge in [-0.3, -0.25) is 9.69 Å². The number of anilines is 3. The number of nitrogens with zero attached hydrogens (tertiary/aromatic N) is 3. The van der Waals surface area contributed by atoms with Crippen molar-refractivity contribution in [2.45, 2.75) is 44.9 Å². The number of carbonyl (C=O) groups excluding carboxylic acids is 1. The lowest BCUT2D eigenvalue weighted by Crippen LogP contribution is -2.35. The Morgan fingerprint density at radius 2 is 1.88 bits per heavy atom. The monoisotopic (exact) mass is 345 g/mol. The van der Waals surface area contributed by atoms with Crippen molar-refractivity contribution in [2.24, 2.45) is 11.8 Å². The van der Waals surface area contributed by atoms with Gasteiger partial charge in [-0.05, 0) is 37.5 Å². The second-order valence-corrected chi connectivity index (χ2v) is 7.50. The van der Waals surface area contributed by atoms with Crippen molar-refractivity contribution in [2.75, 3.05) is 42.3 Å². The van der Waals surface area contributed by atoms with Gasteiger partial charge < -0.3 is 15.8 Å². The fourth-order valence-electron chi connectivity index (χ4n) is 4.15. The Hall–Kier alpha value is -1.89. The van der Waals surface area contributed by atoms with Gasteiger partial charge in [-0.25, -0.2) is 0 Å². The van der Waals surface area contributed by atoms with Crippen LogP contribution in [0.15, 0.2) is 0 Å². The number of fused-ring (bicyclic) bond motifs is 1. The molecule has 2 fully saturated rings. The molecule has 4 rings (SSSR count). The molecule has 1 aromatic heterocycles. The smallest absolute Gasteiger partial charge is 0.232 e. The Labute approximate surface area is 148 Å². The van der Waals surface area contributed by atoms with E-state index in [0.29, 0.717) is 42.4 Å². The molecule has 0 spiro atoms. The highest BCUT2D eigenvalue weighted by atomic mass is 16.5. The third-order valence-corrected chi connectivity index (χ3v) is 5.71. The Kier molecular flexibility index (Phi) is 4.74. The third-order valence-electron chi connectivity index (χ3n) is 5.71. The third kappa shape index (κ3) is 3.56. The summed E-state index contributed by atoms with van der Waals surface area (Å²) in [6.07, 6.45) is 7.45. The normalized spacial score (nSPS) is 21.8. The number of nitrogens with one attached hydrogen (secondary N) is 1. The standard InChI is InChI=1S/C18H27N5O2/c19-16-14-9-15(24)23(11-13-5-7-25-8-6-13)17(14)22-18(21-16)20-10-12-3-1-2-4-12/h12-13H,1-11H2,(H3,19,20,21,22). The fourth-order valence-corrected chi connectivity index (χ4v) is 4.15. The summed E-state index contributed by atoms with van der Waals surface area (Å²) >= 11 is 0. The first-order chi connectivity index (χ1) is 12.2. The lowest BCUT2D eigenvalue weighted by Gasteiger charge is -2.27. The van der Waals surface area contributed by atoms with Gasteiger partial charge in [0.15, 0.2) is 0 Å². The van der Waals surface area contributed by atoms with E-state index in [9.17, 15) is 4.79 Å². The number of ether oxygens (including phenoxy) is 1. The maximum Gasteiger partial charge on any atom is 0.232 e. The van der Waals surface area contributed by atoms with Crippen molar-refractivity contribution in [3.05, 3.63) is 5.56 Å². The molecule has 0 radical (unpaired) electrons. The molecule has 7 heteroatoms. The molecular formula is C18H27N5O2. The van der Waals surface area contributed by atoms with Gasteiger partial charge in [0.1, 0.15) is 11.6 Å². The van der Waals surface area contributed by atoms with Gasteiger partial charge in [-0.2, -0.15) is 9.97 Å². The summed E-state index contributed by atoms with van der Waals surface area (Å²) in [5, 5.41) is 3.34. The molecule has 0 atom stereocenters. The molecule has 1 amide bonds. The molecule has 3 N–H and O–H groups in total. The lowest BCUT2D eigenvalue weighted by molar-refractivity contribution is -0.117. The average molecular weight is 345 g/mol. The van der Waals surface area contributed by atoms with Crippen LogP contribution in [0.3, 0.4) is 0 Å². The Morgan fingerprint density at radius 1 is 1.12 bits per heavy atom. The summed E-state index contributed by atoms with van der Waals surface area (Å²) in [5.74, 6) is 2.93. The largest absolute Gasteiger partial charge is 0.383 e. The summed E-state index contributed by atoms with van der Waals surface area (Å²) in [6, 6.07) is 0. The van der Waals surface area contributed by atoms with E-state index < -0.39 is 0 Å². The SMILES string of the molecule is Nc1nc(NCC2CCCC2)nc2c1CC(=O)N2CC1CCOCC1. The molecule has 7 nitrogen and oxygen atoms in total.